The number of hydrogen-bond donors (Lipinski definition) is 3. The van der Waals surface area contributed by atoms with Crippen LogP contribution in [0.25, 0.3) is 17.1 Å². The molecule has 0 spiro atoms. The summed E-state index contributed by atoms with van der Waals surface area (Å²) < 4.78 is 102. The number of carbonyl (C=O) groups excluding carboxylic acids is 4. The summed E-state index contributed by atoms with van der Waals surface area (Å²) in [5.41, 5.74) is -1.02. The lowest BCUT2D eigenvalue weighted by Gasteiger charge is -2.44. The third-order valence-corrected chi connectivity index (χ3v) is 10.6. The van der Waals surface area contributed by atoms with Crippen molar-refractivity contribution in [3.63, 3.8) is 0 Å². The molecule has 0 aliphatic carbocycles. The van der Waals surface area contributed by atoms with Gasteiger partial charge in [-0.1, -0.05) is 0 Å². The van der Waals surface area contributed by atoms with Crippen LogP contribution in [0.4, 0.5) is 53.7 Å². The van der Waals surface area contributed by atoms with E-state index in [-0.39, 0.29) is 71.7 Å². The van der Waals surface area contributed by atoms with Gasteiger partial charge in [-0.05, 0) is 42.8 Å². The van der Waals surface area contributed by atoms with Gasteiger partial charge in [-0.25, -0.2) is 37.2 Å². The van der Waals surface area contributed by atoms with Crippen LogP contribution in [0.15, 0.2) is 65.7 Å². The summed E-state index contributed by atoms with van der Waals surface area (Å²) in [5, 5.41) is 10.5. The second-order valence-electron chi connectivity index (χ2n) is 14.7. The number of rotatable bonds is 11. The number of halogens is 7. The molecule has 3 fully saturated rings. The van der Waals surface area contributed by atoms with Crippen molar-refractivity contribution in [2.24, 2.45) is 5.92 Å². The highest BCUT2D eigenvalue weighted by molar-refractivity contribution is 6.03. The minimum atomic E-state index is -4.49. The molecule has 8 rings (SSSR count). The van der Waals surface area contributed by atoms with E-state index in [4.69, 9.17) is 4.42 Å². The molecule has 0 bridgehead atoms. The van der Waals surface area contributed by atoms with Crippen LogP contribution in [-0.2, 0) is 14.4 Å². The Morgan fingerprint density at radius 2 is 1.69 bits per heavy atom. The maximum Gasteiger partial charge on any atom is 0.405 e. The second-order valence-corrected chi connectivity index (χ2v) is 14.7. The third kappa shape index (κ3) is 8.86. The number of imide groups is 1. The van der Waals surface area contributed by atoms with Gasteiger partial charge in [0.2, 0.25) is 23.6 Å². The van der Waals surface area contributed by atoms with E-state index in [2.05, 4.69) is 36.0 Å². The predicted molar refractivity (Wildman–Crippen MR) is 205 cm³/mol. The molecule has 3 aliphatic rings. The quantitative estimate of drug-likeness (QED) is 0.119. The molecule has 3 aliphatic heterocycles. The zero-order valence-corrected chi connectivity index (χ0v) is 32.1. The van der Waals surface area contributed by atoms with E-state index in [0.717, 1.165) is 23.1 Å². The summed E-state index contributed by atoms with van der Waals surface area (Å²) in [7, 11) is 0. The van der Waals surface area contributed by atoms with E-state index in [1.54, 1.807) is 21.9 Å². The Morgan fingerprint density at radius 1 is 0.952 bits per heavy atom. The number of pyridine rings is 2. The number of alkyl halides is 5. The van der Waals surface area contributed by atoms with Crippen molar-refractivity contribution >= 4 is 46.6 Å². The highest BCUT2D eigenvalue weighted by atomic mass is 19.4. The Kier molecular flexibility index (Phi) is 11.3. The number of amides is 4. The van der Waals surface area contributed by atoms with Crippen molar-refractivity contribution in [1.82, 2.24) is 34.9 Å². The maximum absolute atomic E-state index is 15.1. The normalized spacial score (nSPS) is 17.3. The molecule has 1 atom stereocenters. The molecule has 16 nitrogen and oxygen atoms in total. The summed E-state index contributed by atoms with van der Waals surface area (Å²) in [6.07, 6.45) is -2.83. The van der Waals surface area contributed by atoms with Gasteiger partial charge in [0.15, 0.2) is 11.4 Å². The first-order chi connectivity index (χ1) is 29.6. The molecule has 23 heteroatoms. The number of piperazine rings is 1. The fraction of sp³-hybridized carbons (Fsp3) is 0.333. The fourth-order valence-electron chi connectivity index (χ4n) is 7.34. The lowest BCUT2D eigenvalue weighted by atomic mass is 9.89. The Labute approximate surface area is 346 Å². The molecule has 0 radical (unpaired) electrons. The molecule has 62 heavy (non-hydrogen) atoms. The number of nitrogens with zero attached hydrogens (tertiary/aromatic N) is 8. The first-order valence-corrected chi connectivity index (χ1v) is 19.1. The topological polar surface area (TPSA) is 184 Å². The summed E-state index contributed by atoms with van der Waals surface area (Å²) in [5.74, 6) is -5.26. The van der Waals surface area contributed by atoms with Gasteiger partial charge in [0.1, 0.15) is 36.1 Å². The molecule has 324 valence electrons. The van der Waals surface area contributed by atoms with Crippen LogP contribution in [0.3, 0.4) is 0 Å². The summed E-state index contributed by atoms with van der Waals surface area (Å²) in [6, 6.07) is 8.14. The first kappa shape index (κ1) is 41.7. The number of carbonyl (C=O) groups is 4. The van der Waals surface area contributed by atoms with Crippen molar-refractivity contribution in [3.8, 4) is 17.1 Å². The smallest absolute Gasteiger partial charge is 0.405 e. The fourth-order valence-corrected chi connectivity index (χ4v) is 7.34. The number of benzene rings is 1. The standard InChI is InChI=1S/C39H34F7N11O5/c40-25-12-23(13-26(41)32(25)24-2-4-31(58)52-35(24)59)56-15-21(16-56)38(61)55-9-7-54(8-10-55)30-3-1-22(14-48-30)57-17-27(33(53-57)34(42)43)50-36(60)28-18-62-37(51-28)20-5-6-47-29(11-20)49-19-39(44,45)46/h1,3,5-6,11-14,17-18,21,24,34H,2,4,7-10,15-16,19H2,(H,47,49)(H,50,60)(H,52,58,59)/t24-/m1/s1. The van der Waals surface area contributed by atoms with Crippen molar-refractivity contribution in [3.05, 3.63) is 89.8 Å². The Bertz CT molecular complexity index is 2490. The highest BCUT2D eigenvalue weighted by Gasteiger charge is 2.38. The first-order valence-electron chi connectivity index (χ1n) is 19.1. The summed E-state index contributed by atoms with van der Waals surface area (Å²) >= 11 is 0. The summed E-state index contributed by atoms with van der Waals surface area (Å²) in [4.78, 5) is 67.6. The van der Waals surface area contributed by atoms with Gasteiger partial charge in [0, 0.05) is 68.7 Å². The van der Waals surface area contributed by atoms with Crippen LogP contribution in [0.5, 0.6) is 0 Å². The number of aromatic nitrogens is 5. The zero-order chi connectivity index (χ0) is 43.9. The maximum atomic E-state index is 15.1. The second kappa shape index (κ2) is 16.8. The van der Waals surface area contributed by atoms with Gasteiger partial charge < -0.3 is 29.8 Å². The van der Waals surface area contributed by atoms with Crippen molar-refractivity contribution in [2.75, 3.05) is 66.2 Å². The summed E-state index contributed by atoms with van der Waals surface area (Å²) in [6.45, 7) is 0.772. The van der Waals surface area contributed by atoms with Crippen molar-refractivity contribution in [2.45, 2.75) is 31.4 Å². The van der Waals surface area contributed by atoms with Gasteiger partial charge in [0.05, 0.1) is 35.6 Å². The molecule has 0 saturated carbocycles. The third-order valence-electron chi connectivity index (χ3n) is 10.6. The SMILES string of the molecule is O=C1CC[C@H](c2c(F)cc(N3CC(C(=O)N4CCN(c5ccc(-n6cc(NC(=O)c7coc(-c8ccnc(NCC(F)(F)F)c8)n7)c(C(F)F)n6)cn5)CC4)C3)cc2F)C(=O)N1. The van der Waals surface area contributed by atoms with Gasteiger partial charge in [0.25, 0.3) is 12.3 Å². The number of nitrogens with one attached hydrogen (secondary N) is 3. The van der Waals surface area contributed by atoms with Crippen LogP contribution in [0.2, 0.25) is 0 Å². The van der Waals surface area contributed by atoms with Gasteiger partial charge in [-0.3, -0.25) is 24.5 Å². The molecule has 0 unspecified atom stereocenters. The molecular weight excluding hydrogens is 835 g/mol. The number of hydrogen-bond acceptors (Lipinski definition) is 12. The number of oxazole rings is 1. The molecular formula is C39H34F7N11O5. The molecule has 4 amide bonds. The van der Waals surface area contributed by atoms with Crippen LogP contribution in [0, 0.1) is 17.6 Å². The molecule has 1 aromatic carbocycles. The number of piperidine rings is 1. The molecule has 4 aromatic heterocycles. The van der Waals surface area contributed by atoms with Crippen LogP contribution in [-0.4, -0.2) is 105 Å². The minimum absolute atomic E-state index is 0.00344. The van der Waals surface area contributed by atoms with Gasteiger partial charge in [-0.15, -0.1) is 0 Å². The van der Waals surface area contributed by atoms with E-state index < -0.39 is 66.0 Å². The Balaban J connectivity index is 0.841. The lowest BCUT2D eigenvalue weighted by molar-refractivity contribution is -0.137. The van der Waals surface area contributed by atoms with E-state index in [1.807, 2.05) is 4.90 Å². The van der Waals surface area contributed by atoms with Crippen LogP contribution in [0.1, 0.15) is 46.9 Å². The van der Waals surface area contributed by atoms with Gasteiger partial charge in [-0.2, -0.15) is 18.3 Å². The van der Waals surface area contributed by atoms with E-state index in [9.17, 15) is 41.1 Å². The van der Waals surface area contributed by atoms with E-state index in [1.165, 1.54) is 30.7 Å². The van der Waals surface area contributed by atoms with Crippen molar-refractivity contribution in [1.29, 1.82) is 0 Å². The van der Waals surface area contributed by atoms with Crippen LogP contribution >= 0.6 is 0 Å². The number of anilines is 4. The average molecular weight is 870 g/mol. The van der Waals surface area contributed by atoms with Crippen LogP contribution < -0.4 is 25.8 Å². The Hall–Kier alpha value is -7.07. The highest BCUT2D eigenvalue weighted by Crippen LogP contribution is 2.35. The minimum Gasteiger partial charge on any atom is -0.444 e. The molecule has 5 aromatic rings. The van der Waals surface area contributed by atoms with E-state index in [0.29, 0.717) is 37.7 Å². The predicted octanol–water partition coefficient (Wildman–Crippen LogP) is 5.06. The monoisotopic (exact) mass is 869 g/mol. The molecule has 7 heterocycles. The zero-order valence-electron chi connectivity index (χ0n) is 32.1. The molecule has 3 N–H and O–H groups in total. The largest absolute Gasteiger partial charge is 0.444 e. The van der Waals surface area contributed by atoms with Gasteiger partial charge >= 0.3 is 6.18 Å². The Morgan fingerprint density at radius 3 is 2.35 bits per heavy atom. The van der Waals surface area contributed by atoms with E-state index >= 15 is 8.78 Å². The molecule has 3 saturated heterocycles. The average Bonchev–Trinajstić information content (AvgIpc) is 3.89. The van der Waals surface area contributed by atoms with Crippen molar-refractivity contribution < 1.29 is 54.3 Å². The lowest BCUT2D eigenvalue weighted by Crippen LogP contribution is -2.58.